The highest BCUT2D eigenvalue weighted by atomic mass is 79.9. The van der Waals surface area contributed by atoms with Crippen LogP contribution in [0.2, 0.25) is 0 Å². The van der Waals surface area contributed by atoms with Gasteiger partial charge in [0.1, 0.15) is 11.5 Å². The lowest BCUT2D eigenvalue weighted by atomic mass is 10.1. The summed E-state index contributed by atoms with van der Waals surface area (Å²) in [5.74, 6) is 1.10. The molecule has 1 aliphatic rings. The standard InChI is InChI=1S/C16H22BrNO3/c1-20-11-8-9-15(21-2)12(10-11)16(19)18-14-7-5-3-4-6-13(14)17/h8-10,13-14H,3-7H2,1-2H3,(H,18,19). The van der Waals surface area contributed by atoms with Gasteiger partial charge < -0.3 is 14.8 Å². The first-order valence-corrected chi connectivity index (χ1v) is 8.24. The predicted octanol–water partition coefficient (Wildman–Crippen LogP) is 3.53. The van der Waals surface area contributed by atoms with Crippen molar-refractivity contribution in [3.8, 4) is 11.5 Å². The van der Waals surface area contributed by atoms with Gasteiger partial charge in [0.25, 0.3) is 5.91 Å². The smallest absolute Gasteiger partial charge is 0.255 e. The molecule has 1 aromatic carbocycles. The number of benzene rings is 1. The molecule has 0 aromatic heterocycles. The van der Waals surface area contributed by atoms with Crippen molar-refractivity contribution in [2.75, 3.05) is 14.2 Å². The molecule has 1 aromatic rings. The van der Waals surface area contributed by atoms with Crippen LogP contribution in [-0.4, -0.2) is 31.0 Å². The van der Waals surface area contributed by atoms with E-state index in [0.717, 1.165) is 19.3 Å². The van der Waals surface area contributed by atoms with Crippen molar-refractivity contribution in [1.29, 1.82) is 0 Å². The maximum atomic E-state index is 12.6. The van der Waals surface area contributed by atoms with Gasteiger partial charge in [-0.25, -0.2) is 0 Å². The van der Waals surface area contributed by atoms with Crippen LogP contribution in [0.3, 0.4) is 0 Å². The van der Waals surface area contributed by atoms with E-state index in [2.05, 4.69) is 21.2 Å². The second-order valence-corrected chi connectivity index (χ2v) is 6.48. The molecule has 116 valence electrons. The molecule has 4 nitrogen and oxygen atoms in total. The lowest BCUT2D eigenvalue weighted by molar-refractivity contribution is 0.0931. The number of hydrogen-bond donors (Lipinski definition) is 1. The first kappa shape index (κ1) is 16.1. The molecule has 0 heterocycles. The average molecular weight is 356 g/mol. The van der Waals surface area contributed by atoms with Gasteiger partial charge in [-0.2, -0.15) is 0 Å². The zero-order valence-corrected chi connectivity index (χ0v) is 14.1. The summed E-state index contributed by atoms with van der Waals surface area (Å²) in [5.41, 5.74) is 0.515. The molecule has 1 N–H and O–H groups in total. The lowest BCUT2D eigenvalue weighted by Gasteiger charge is -2.22. The second kappa shape index (κ2) is 7.69. The Morgan fingerprint density at radius 1 is 1.19 bits per heavy atom. The molecule has 1 aliphatic carbocycles. The van der Waals surface area contributed by atoms with Crippen molar-refractivity contribution in [3.63, 3.8) is 0 Å². The van der Waals surface area contributed by atoms with Gasteiger partial charge in [0.15, 0.2) is 0 Å². The van der Waals surface area contributed by atoms with Gasteiger partial charge in [-0.05, 0) is 31.0 Å². The number of nitrogens with one attached hydrogen (secondary N) is 1. The van der Waals surface area contributed by atoms with E-state index in [9.17, 15) is 4.79 Å². The van der Waals surface area contributed by atoms with E-state index >= 15 is 0 Å². The summed E-state index contributed by atoms with van der Waals surface area (Å²) in [6.45, 7) is 0. The Hall–Kier alpha value is -1.23. The van der Waals surface area contributed by atoms with E-state index in [4.69, 9.17) is 9.47 Å². The second-order valence-electron chi connectivity index (χ2n) is 5.30. The van der Waals surface area contributed by atoms with Crippen LogP contribution in [0.1, 0.15) is 42.5 Å². The minimum atomic E-state index is -0.109. The molecule has 2 unspecified atom stereocenters. The number of alkyl halides is 1. The summed E-state index contributed by atoms with van der Waals surface area (Å²) >= 11 is 3.70. The normalized spacial score (nSPS) is 22.2. The minimum Gasteiger partial charge on any atom is -0.497 e. The fraction of sp³-hybridized carbons (Fsp3) is 0.562. The lowest BCUT2D eigenvalue weighted by Crippen LogP contribution is -2.40. The summed E-state index contributed by atoms with van der Waals surface area (Å²) in [5, 5.41) is 3.13. The highest BCUT2D eigenvalue weighted by Crippen LogP contribution is 2.27. The van der Waals surface area contributed by atoms with Crippen molar-refractivity contribution in [1.82, 2.24) is 5.32 Å². The largest absolute Gasteiger partial charge is 0.497 e. The van der Waals surface area contributed by atoms with Gasteiger partial charge in [-0.15, -0.1) is 0 Å². The Kier molecular flexibility index (Phi) is 5.91. The SMILES string of the molecule is COc1ccc(OC)c(C(=O)NC2CCCCCC2Br)c1. The number of ether oxygens (including phenoxy) is 2. The quantitative estimate of drug-likeness (QED) is 0.663. The molecule has 2 rings (SSSR count). The third-order valence-electron chi connectivity index (χ3n) is 3.90. The number of amides is 1. The summed E-state index contributed by atoms with van der Waals surface area (Å²) in [6, 6.07) is 5.42. The van der Waals surface area contributed by atoms with Crippen molar-refractivity contribution >= 4 is 21.8 Å². The number of carbonyl (C=O) groups is 1. The van der Waals surface area contributed by atoms with Gasteiger partial charge in [0, 0.05) is 10.9 Å². The topological polar surface area (TPSA) is 47.6 Å². The Balaban J connectivity index is 2.15. The third-order valence-corrected chi connectivity index (χ3v) is 5.00. The summed E-state index contributed by atoms with van der Waals surface area (Å²) in [6.07, 6.45) is 5.71. The molecule has 0 bridgehead atoms. The van der Waals surface area contributed by atoms with Crippen LogP contribution in [0.25, 0.3) is 0 Å². The summed E-state index contributed by atoms with van der Waals surface area (Å²) < 4.78 is 10.5. The van der Waals surface area contributed by atoms with E-state index in [1.165, 1.54) is 12.8 Å². The van der Waals surface area contributed by atoms with Gasteiger partial charge in [-0.1, -0.05) is 35.2 Å². The van der Waals surface area contributed by atoms with Crippen molar-refractivity contribution in [2.45, 2.75) is 43.0 Å². The molecule has 0 aliphatic heterocycles. The Morgan fingerprint density at radius 2 is 1.95 bits per heavy atom. The van der Waals surface area contributed by atoms with Gasteiger partial charge in [0.05, 0.1) is 19.8 Å². The number of hydrogen-bond acceptors (Lipinski definition) is 3. The first-order valence-electron chi connectivity index (χ1n) is 7.32. The van der Waals surface area contributed by atoms with E-state index in [0.29, 0.717) is 21.9 Å². The fourth-order valence-corrected chi connectivity index (χ4v) is 3.38. The summed E-state index contributed by atoms with van der Waals surface area (Å²) in [4.78, 5) is 12.9. The highest BCUT2D eigenvalue weighted by Gasteiger charge is 2.24. The van der Waals surface area contributed by atoms with Crippen LogP contribution >= 0.6 is 15.9 Å². The number of halogens is 1. The molecule has 5 heteroatoms. The van der Waals surface area contributed by atoms with E-state index in [-0.39, 0.29) is 11.9 Å². The molecule has 0 saturated heterocycles. The molecule has 2 atom stereocenters. The van der Waals surface area contributed by atoms with Gasteiger partial charge in [-0.3, -0.25) is 4.79 Å². The number of methoxy groups -OCH3 is 2. The zero-order valence-electron chi connectivity index (χ0n) is 12.5. The minimum absolute atomic E-state index is 0.109. The third kappa shape index (κ3) is 4.13. The van der Waals surface area contributed by atoms with E-state index in [1.807, 2.05) is 0 Å². The summed E-state index contributed by atoms with van der Waals surface area (Å²) in [7, 11) is 3.15. The van der Waals surface area contributed by atoms with Crippen molar-refractivity contribution in [3.05, 3.63) is 23.8 Å². The molecule has 1 saturated carbocycles. The number of rotatable bonds is 4. The first-order chi connectivity index (χ1) is 10.2. The van der Waals surface area contributed by atoms with Crippen molar-refractivity contribution < 1.29 is 14.3 Å². The Labute approximate surface area is 134 Å². The van der Waals surface area contributed by atoms with Crippen LogP contribution < -0.4 is 14.8 Å². The predicted molar refractivity (Wildman–Crippen MR) is 86.6 cm³/mol. The van der Waals surface area contributed by atoms with Gasteiger partial charge >= 0.3 is 0 Å². The molecule has 0 spiro atoms. The van der Waals surface area contributed by atoms with Gasteiger partial charge in [0.2, 0.25) is 0 Å². The Morgan fingerprint density at radius 3 is 2.67 bits per heavy atom. The Bertz CT molecular complexity index is 492. The maximum Gasteiger partial charge on any atom is 0.255 e. The van der Waals surface area contributed by atoms with Crippen LogP contribution in [0.5, 0.6) is 11.5 Å². The zero-order chi connectivity index (χ0) is 15.2. The number of carbonyl (C=O) groups excluding carboxylic acids is 1. The maximum absolute atomic E-state index is 12.6. The molecular formula is C16H22BrNO3. The van der Waals surface area contributed by atoms with Crippen LogP contribution in [0.15, 0.2) is 18.2 Å². The fourth-order valence-electron chi connectivity index (χ4n) is 2.66. The van der Waals surface area contributed by atoms with Crippen LogP contribution in [0.4, 0.5) is 0 Å². The molecule has 0 radical (unpaired) electrons. The monoisotopic (exact) mass is 355 g/mol. The average Bonchev–Trinajstić information content (AvgIpc) is 2.71. The molecular weight excluding hydrogens is 334 g/mol. The van der Waals surface area contributed by atoms with E-state index < -0.39 is 0 Å². The molecule has 1 amide bonds. The molecule has 21 heavy (non-hydrogen) atoms. The highest BCUT2D eigenvalue weighted by molar-refractivity contribution is 9.09. The van der Waals surface area contributed by atoms with E-state index in [1.54, 1.807) is 32.4 Å². The van der Waals surface area contributed by atoms with Crippen molar-refractivity contribution in [2.24, 2.45) is 0 Å². The van der Waals surface area contributed by atoms with Crippen LogP contribution in [0, 0.1) is 0 Å². The van der Waals surface area contributed by atoms with Crippen LogP contribution in [-0.2, 0) is 0 Å². The molecule has 1 fully saturated rings.